The van der Waals surface area contributed by atoms with Gasteiger partial charge in [0.1, 0.15) is 0 Å². The lowest BCUT2D eigenvalue weighted by Gasteiger charge is -2.23. The van der Waals surface area contributed by atoms with E-state index in [1.807, 2.05) is 6.07 Å². The molecule has 2 saturated carbocycles. The smallest absolute Gasteiger partial charge is 0.0991 e. The van der Waals surface area contributed by atoms with Crippen molar-refractivity contribution in [3.8, 4) is 6.07 Å². The summed E-state index contributed by atoms with van der Waals surface area (Å²) in [6.45, 7) is 4.37. The lowest BCUT2D eigenvalue weighted by Crippen LogP contribution is -2.34. The number of nitriles is 1. The molecular weight excluding hydrogens is 318 g/mol. The third kappa shape index (κ3) is 3.16. The Kier molecular flexibility index (Phi) is 3.85. The molecule has 0 spiro atoms. The van der Waals surface area contributed by atoms with Crippen molar-refractivity contribution in [2.45, 2.75) is 44.3 Å². The molecule has 2 aromatic carbocycles. The van der Waals surface area contributed by atoms with Crippen LogP contribution in [0.4, 0.5) is 0 Å². The molecule has 2 aliphatic carbocycles. The minimum Gasteiger partial charge on any atom is -0.313 e. The Balaban J connectivity index is 1.14. The molecule has 0 aromatic heterocycles. The van der Waals surface area contributed by atoms with Gasteiger partial charge in [-0.15, -0.1) is 0 Å². The molecule has 3 aliphatic rings. The Morgan fingerprint density at radius 1 is 1.08 bits per heavy atom. The maximum absolute atomic E-state index is 9.09. The summed E-state index contributed by atoms with van der Waals surface area (Å²) in [6, 6.07) is 20.0. The summed E-state index contributed by atoms with van der Waals surface area (Å²) < 4.78 is 0. The van der Waals surface area contributed by atoms with Gasteiger partial charge in [0.05, 0.1) is 11.6 Å². The molecule has 0 unspecified atom stereocenters. The topological polar surface area (TPSA) is 39.1 Å². The first kappa shape index (κ1) is 16.1. The van der Waals surface area contributed by atoms with E-state index in [2.05, 4.69) is 58.8 Å². The highest BCUT2D eigenvalue weighted by molar-refractivity contribution is 5.40. The number of hydrogen-bond donors (Lipinski definition) is 1. The Bertz CT molecular complexity index is 848. The highest BCUT2D eigenvalue weighted by Crippen LogP contribution is 2.48. The molecular formula is C23H25N3. The summed E-state index contributed by atoms with van der Waals surface area (Å²) in [4.78, 5) is 2.57. The highest BCUT2D eigenvalue weighted by Gasteiger charge is 2.47. The first-order valence-electron chi connectivity index (χ1n) is 9.77. The summed E-state index contributed by atoms with van der Waals surface area (Å²) in [5.74, 6) is 0.715. The van der Waals surface area contributed by atoms with Crippen molar-refractivity contribution >= 4 is 0 Å². The minimum atomic E-state index is 0.476. The lowest BCUT2D eigenvalue weighted by molar-refractivity contribution is 0.219. The molecule has 2 fully saturated rings. The predicted molar refractivity (Wildman–Crippen MR) is 103 cm³/mol. The van der Waals surface area contributed by atoms with Crippen molar-refractivity contribution in [3.05, 3.63) is 70.8 Å². The van der Waals surface area contributed by atoms with Crippen LogP contribution in [0.5, 0.6) is 0 Å². The fraction of sp³-hybridized carbons (Fsp3) is 0.435. The van der Waals surface area contributed by atoms with Gasteiger partial charge in [-0.25, -0.2) is 0 Å². The molecule has 3 nitrogen and oxygen atoms in total. The Labute approximate surface area is 155 Å². The first-order valence-corrected chi connectivity index (χ1v) is 9.77. The van der Waals surface area contributed by atoms with Crippen molar-refractivity contribution in [3.63, 3.8) is 0 Å². The van der Waals surface area contributed by atoms with Crippen molar-refractivity contribution in [1.82, 2.24) is 10.2 Å². The van der Waals surface area contributed by atoms with Crippen LogP contribution in [-0.4, -0.2) is 24.0 Å². The van der Waals surface area contributed by atoms with Gasteiger partial charge in [0.25, 0.3) is 0 Å². The van der Waals surface area contributed by atoms with Crippen molar-refractivity contribution in [2.75, 3.05) is 13.1 Å². The quantitative estimate of drug-likeness (QED) is 0.867. The van der Waals surface area contributed by atoms with E-state index in [1.54, 1.807) is 0 Å². The fourth-order valence-corrected chi connectivity index (χ4v) is 4.53. The number of nitrogens with one attached hydrogen (secondary N) is 1. The number of benzene rings is 2. The zero-order valence-electron chi connectivity index (χ0n) is 15.1. The van der Waals surface area contributed by atoms with Crippen LogP contribution in [0.3, 0.4) is 0 Å². The Hall–Kier alpha value is -2.15. The fourth-order valence-electron chi connectivity index (χ4n) is 4.53. The summed E-state index contributed by atoms with van der Waals surface area (Å²) in [6.07, 6.45) is 3.98. The van der Waals surface area contributed by atoms with Crippen LogP contribution >= 0.6 is 0 Å². The molecule has 3 heteroatoms. The van der Waals surface area contributed by atoms with Gasteiger partial charge in [0.15, 0.2) is 0 Å². The standard InChI is InChI=1S/C23H25N3/c24-12-17-6-7-19-13-26(14-20(19)10-17)16-23(8-9-23)15-25-22-11-21(22)18-4-2-1-3-5-18/h1-7,10,21-22,25H,8-9,11,13-16H2/t21-,22+/m1/s1. The maximum atomic E-state index is 9.09. The number of fused-ring (bicyclic) bond motifs is 1. The first-order chi connectivity index (χ1) is 12.7. The van der Waals surface area contributed by atoms with Gasteiger partial charge in [-0.05, 0) is 53.5 Å². The summed E-state index contributed by atoms with van der Waals surface area (Å²) in [5, 5.41) is 12.9. The summed E-state index contributed by atoms with van der Waals surface area (Å²) in [7, 11) is 0. The normalized spacial score (nSPS) is 25.5. The molecule has 1 heterocycles. The van der Waals surface area contributed by atoms with Gasteiger partial charge in [-0.3, -0.25) is 4.90 Å². The lowest BCUT2D eigenvalue weighted by atomic mass is 10.1. The van der Waals surface area contributed by atoms with Crippen LogP contribution < -0.4 is 5.32 Å². The third-order valence-electron chi connectivity index (χ3n) is 6.40. The molecule has 1 N–H and O–H groups in total. The summed E-state index contributed by atoms with van der Waals surface area (Å²) in [5.41, 5.74) is 5.50. The molecule has 26 heavy (non-hydrogen) atoms. The van der Waals surface area contributed by atoms with Crippen LogP contribution in [-0.2, 0) is 13.1 Å². The van der Waals surface area contributed by atoms with Gasteiger partial charge in [-0.1, -0.05) is 36.4 Å². The van der Waals surface area contributed by atoms with Gasteiger partial charge in [-0.2, -0.15) is 5.26 Å². The Morgan fingerprint density at radius 3 is 2.65 bits per heavy atom. The minimum absolute atomic E-state index is 0.476. The van der Waals surface area contributed by atoms with Crippen LogP contribution in [0.25, 0.3) is 0 Å². The predicted octanol–water partition coefficient (Wildman–Crippen LogP) is 3.80. The largest absolute Gasteiger partial charge is 0.313 e. The second-order valence-corrected chi connectivity index (χ2v) is 8.48. The van der Waals surface area contributed by atoms with Crippen LogP contribution in [0.2, 0.25) is 0 Å². The molecule has 5 rings (SSSR count). The molecule has 0 radical (unpaired) electrons. The average molecular weight is 343 g/mol. The zero-order valence-corrected chi connectivity index (χ0v) is 15.1. The van der Waals surface area contributed by atoms with E-state index in [9.17, 15) is 0 Å². The molecule has 2 atom stereocenters. The van der Waals surface area contributed by atoms with E-state index >= 15 is 0 Å². The van der Waals surface area contributed by atoms with E-state index in [0.29, 0.717) is 17.4 Å². The third-order valence-corrected chi connectivity index (χ3v) is 6.40. The van der Waals surface area contributed by atoms with E-state index in [0.717, 1.165) is 25.2 Å². The Morgan fingerprint density at radius 2 is 1.88 bits per heavy atom. The zero-order chi connectivity index (χ0) is 17.6. The van der Waals surface area contributed by atoms with Crippen LogP contribution in [0, 0.1) is 16.7 Å². The molecule has 0 bridgehead atoms. The average Bonchev–Trinajstić information content (AvgIpc) is 3.57. The van der Waals surface area contributed by atoms with Crippen LogP contribution in [0.15, 0.2) is 48.5 Å². The van der Waals surface area contributed by atoms with E-state index in [1.165, 1.54) is 42.5 Å². The van der Waals surface area contributed by atoms with Gasteiger partial charge in [0.2, 0.25) is 0 Å². The summed E-state index contributed by atoms with van der Waals surface area (Å²) >= 11 is 0. The van der Waals surface area contributed by atoms with Crippen LogP contribution in [0.1, 0.15) is 47.4 Å². The van der Waals surface area contributed by atoms with E-state index in [-0.39, 0.29) is 0 Å². The molecule has 0 saturated heterocycles. The van der Waals surface area contributed by atoms with Crippen molar-refractivity contribution in [1.29, 1.82) is 5.26 Å². The van der Waals surface area contributed by atoms with Gasteiger partial charge >= 0.3 is 0 Å². The van der Waals surface area contributed by atoms with Crippen molar-refractivity contribution < 1.29 is 0 Å². The molecule has 0 amide bonds. The van der Waals surface area contributed by atoms with E-state index < -0.39 is 0 Å². The molecule has 1 aliphatic heterocycles. The highest BCUT2D eigenvalue weighted by atomic mass is 15.2. The number of nitrogens with zero attached hydrogens (tertiary/aromatic N) is 2. The second kappa shape index (κ2) is 6.23. The maximum Gasteiger partial charge on any atom is 0.0991 e. The second-order valence-electron chi connectivity index (χ2n) is 8.48. The molecule has 2 aromatic rings. The van der Waals surface area contributed by atoms with Crippen molar-refractivity contribution in [2.24, 2.45) is 5.41 Å². The van der Waals surface area contributed by atoms with E-state index in [4.69, 9.17) is 5.26 Å². The molecule has 132 valence electrons. The number of hydrogen-bond acceptors (Lipinski definition) is 3. The SMILES string of the molecule is N#Cc1ccc2c(c1)CN(CC1(CN[C@H]3C[C@@H]3c3ccccc3)CC1)C2. The van der Waals surface area contributed by atoms with Gasteiger partial charge < -0.3 is 5.32 Å². The monoisotopic (exact) mass is 343 g/mol. The van der Waals surface area contributed by atoms with Gasteiger partial charge in [0, 0.05) is 38.1 Å². The number of rotatable bonds is 6.